The monoisotopic (exact) mass is 336 g/mol. The van der Waals surface area contributed by atoms with Crippen molar-refractivity contribution in [1.29, 1.82) is 0 Å². The topological polar surface area (TPSA) is 30.2 Å². The molecule has 3 rings (SSSR count). The lowest BCUT2D eigenvalue weighted by molar-refractivity contribution is 0.102. The second-order valence-electron chi connectivity index (χ2n) is 4.43. The van der Waals surface area contributed by atoms with E-state index in [1.165, 1.54) is 18.0 Å². The molecular formula is C16H10Cl2O2S. The Hall–Kier alpha value is -1.42. The predicted octanol–water partition coefficient (Wildman–Crippen LogP) is 5.71. The van der Waals surface area contributed by atoms with E-state index in [1.807, 2.05) is 24.3 Å². The van der Waals surface area contributed by atoms with Crippen molar-refractivity contribution in [2.24, 2.45) is 0 Å². The number of rotatable bonds is 4. The number of thioether (sulfide) groups is 1. The zero-order valence-electron chi connectivity index (χ0n) is 10.8. The normalized spacial score (nSPS) is 11.0. The van der Waals surface area contributed by atoms with E-state index in [9.17, 15) is 4.79 Å². The molecule has 0 aliphatic rings. The highest BCUT2D eigenvalue weighted by Gasteiger charge is 2.14. The molecule has 0 atom stereocenters. The van der Waals surface area contributed by atoms with Gasteiger partial charge < -0.3 is 4.42 Å². The van der Waals surface area contributed by atoms with Gasteiger partial charge in [0.2, 0.25) is 0 Å². The summed E-state index contributed by atoms with van der Waals surface area (Å²) in [6.07, 6.45) is 1.51. The number of fused-ring (bicyclic) bond motifs is 1. The predicted molar refractivity (Wildman–Crippen MR) is 87.7 cm³/mol. The Morgan fingerprint density at radius 1 is 1.14 bits per heavy atom. The van der Waals surface area contributed by atoms with Crippen molar-refractivity contribution in [2.75, 3.05) is 5.75 Å². The van der Waals surface area contributed by atoms with Crippen LogP contribution in [0.15, 0.2) is 58.0 Å². The summed E-state index contributed by atoms with van der Waals surface area (Å²) in [6.45, 7) is 0. The van der Waals surface area contributed by atoms with E-state index in [2.05, 4.69) is 0 Å². The maximum atomic E-state index is 12.3. The summed E-state index contributed by atoms with van der Waals surface area (Å²) >= 11 is 13.4. The van der Waals surface area contributed by atoms with E-state index in [0.29, 0.717) is 21.2 Å². The molecule has 0 aliphatic heterocycles. The highest BCUT2D eigenvalue weighted by atomic mass is 35.5. The van der Waals surface area contributed by atoms with Crippen LogP contribution in [0.1, 0.15) is 10.4 Å². The summed E-state index contributed by atoms with van der Waals surface area (Å²) in [5.41, 5.74) is 1.31. The Morgan fingerprint density at radius 2 is 1.95 bits per heavy atom. The van der Waals surface area contributed by atoms with Crippen molar-refractivity contribution >= 4 is 51.7 Å². The smallest absolute Gasteiger partial charge is 0.176 e. The van der Waals surface area contributed by atoms with Crippen LogP contribution in [0.5, 0.6) is 0 Å². The molecule has 0 saturated carbocycles. The number of para-hydroxylation sites is 1. The molecule has 0 fully saturated rings. The molecule has 1 aromatic heterocycles. The molecule has 0 unspecified atom stereocenters. The van der Waals surface area contributed by atoms with Gasteiger partial charge in [-0.3, -0.25) is 4.79 Å². The summed E-state index contributed by atoms with van der Waals surface area (Å²) < 4.78 is 5.39. The number of Topliss-reactive ketones (excluding diaryl/α,β-unsaturated/α-hetero) is 1. The van der Waals surface area contributed by atoms with Crippen LogP contribution in [-0.4, -0.2) is 11.5 Å². The van der Waals surface area contributed by atoms with Gasteiger partial charge in [0, 0.05) is 15.3 Å². The third-order valence-electron chi connectivity index (χ3n) is 3.03. The maximum absolute atomic E-state index is 12.3. The standard InChI is InChI=1S/C16H10Cl2O2S/c17-10-5-6-13(18)16(7-10)21-9-14(19)12-8-20-15-4-2-1-3-11(12)15/h1-8H,9H2. The zero-order valence-corrected chi connectivity index (χ0v) is 13.1. The van der Waals surface area contributed by atoms with Crippen molar-refractivity contribution in [3.63, 3.8) is 0 Å². The van der Waals surface area contributed by atoms with E-state index in [0.717, 1.165) is 10.3 Å². The van der Waals surface area contributed by atoms with Crippen LogP contribution in [0.3, 0.4) is 0 Å². The second kappa shape index (κ2) is 6.14. The first-order chi connectivity index (χ1) is 10.1. The molecule has 0 amide bonds. The van der Waals surface area contributed by atoms with Crippen LogP contribution in [0.25, 0.3) is 11.0 Å². The van der Waals surface area contributed by atoms with Gasteiger partial charge in [0.05, 0.1) is 16.3 Å². The fourth-order valence-corrected chi connectivity index (χ4v) is 3.38. The quantitative estimate of drug-likeness (QED) is 0.451. The van der Waals surface area contributed by atoms with E-state index >= 15 is 0 Å². The van der Waals surface area contributed by atoms with Crippen molar-refractivity contribution in [3.05, 3.63) is 64.3 Å². The van der Waals surface area contributed by atoms with Crippen molar-refractivity contribution in [1.82, 2.24) is 0 Å². The highest BCUT2D eigenvalue weighted by molar-refractivity contribution is 8.00. The average Bonchev–Trinajstić information content (AvgIpc) is 2.92. The number of benzene rings is 2. The number of carbonyl (C=O) groups excluding carboxylic acids is 1. The minimum atomic E-state index is 0.000919. The van der Waals surface area contributed by atoms with Crippen LogP contribution in [-0.2, 0) is 0 Å². The van der Waals surface area contributed by atoms with E-state index in [-0.39, 0.29) is 11.5 Å². The van der Waals surface area contributed by atoms with Crippen molar-refractivity contribution < 1.29 is 9.21 Å². The molecule has 0 N–H and O–H groups in total. The maximum Gasteiger partial charge on any atom is 0.176 e. The van der Waals surface area contributed by atoms with Gasteiger partial charge in [-0.1, -0.05) is 41.4 Å². The summed E-state index contributed by atoms with van der Waals surface area (Å²) in [7, 11) is 0. The molecule has 106 valence electrons. The lowest BCUT2D eigenvalue weighted by atomic mass is 10.1. The second-order valence-corrected chi connectivity index (χ2v) is 6.29. The molecular weight excluding hydrogens is 327 g/mol. The Bertz CT molecular complexity index is 811. The van der Waals surface area contributed by atoms with Crippen LogP contribution in [0.2, 0.25) is 10.0 Å². The number of hydrogen-bond donors (Lipinski definition) is 0. The summed E-state index contributed by atoms with van der Waals surface area (Å²) in [5, 5.41) is 2.03. The zero-order chi connectivity index (χ0) is 14.8. The number of ketones is 1. The first kappa shape index (κ1) is 14.5. The highest BCUT2D eigenvalue weighted by Crippen LogP contribution is 2.31. The van der Waals surface area contributed by atoms with Gasteiger partial charge in [0.25, 0.3) is 0 Å². The average molecular weight is 337 g/mol. The van der Waals surface area contributed by atoms with E-state index in [4.69, 9.17) is 27.6 Å². The molecule has 0 aliphatic carbocycles. The molecule has 21 heavy (non-hydrogen) atoms. The van der Waals surface area contributed by atoms with Crippen molar-refractivity contribution in [2.45, 2.75) is 4.90 Å². The van der Waals surface area contributed by atoms with Crippen LogP contribution >= 0.6 is 35.0 Å². The van der Waals surface area contributed by atoms with Gasteiger partial charge >= 0.3 is 0 Å². The molecule has 1 heterocycles. The third-order valence-corrected chi connectivity index (χ3v) is 4.77. The van der Waals surface area contributed by atoms with E-state index < -0.39 is 0 Å². The summed E-state index contributed by atoms with van der Waals surface area (Å²) in [5.74, 6) is 0.282. The Labute approximate surface area is 136 Å². The Balaban J connectivity index is 1.79. The van der Waals surface area contributed by atoms with Gasteiger partial charge in [0.1, 0.15) is 11.8 Å². The van der Waals surface area contributed by atoms with Gasteiger partial charge in [-0.25, -0.2) is 0 Å². The Morgan fingerprint density at radius 3 is 2.81 bits per heavy atom. The van der Waals surface area contributed by atoms with Crippen LogP contribution in [0.4, 0.5) is 0 Å². The number of furan rings is 1. The molecule has 0 bridgehead atoms. The fourth-order valence-electron chi connectivity index (χ4n) is 2.00. The molecule has 0 spiro atoms. The van der Waals surface area contributed by atoms with Crippen molar-refractivity contribution in [3.8, 4) is 0 Å². The SMILES string of the molecule is O=C(CSc1cc(Cl)ccc1Cl)c1coc2ccccc12. The number of hydrogen-bond acceptors (Lipinski definition) is 3. The lowest BCUT2D eigenvalue weighted by Gasteiger charge is -2.03. The van der Waals surface area contributed by atoms with Gasteiger partial charge in [-0.2, -0.15) is 0 Å². The van der Waals surface area contributed by atoms with Crippen LogP contribution in [0, 0.1) is 0 Å². The van der Waals surface area contributed by atoms with Crippen LogP contribution < -0.4 is 0 Å². The first-order valence-electron chi connectivity index (χ1n) is 6.22. The summed E-state index contributed by atoms with van der Waals surface area (Å²) in [4.78, 5) is 13.1. The number of carbonyl (C=O) groups is 1. The molecule has 0 saturated heterocycles. The van der Waals surface area contributed by atoms with E-state index in [1.54, 1.807) is 18.2 Å². The lowest BCUT2D eigenvalue weighted by Crippen LogP contribution is -2.01. The van der Waals surface area contributed by atoms with Gasteiger partial charge in [-0.15, -0.1) is 11.8 Å². The summed E-state index contributed by atoms with van der Waals surface area (Å²) in [6, 6.07) is 12.7. The third kappa shape index (κ3) is 3.10. The van der Waals surface area contributed by atoms with Gasteiger partial charge in [-0.05, 0) is 24.3 Å². The largest absolute Gasteiger partial charge is 0.464 e. The molecule has 0 radical (unpaired) electrons. The fraction of sp³-hybridized carbons (Fsp3) is 0.0625. The van der Waals surface area contributed by atoms with Gasteiger partial charge in [0.15, 0.2) is 5.78 Å². The molecule has 3 aromatic rings. The minimum absolute atomic E-state index is 0.000919. The first-order valence-corrected chi connectivity index (χ1v) is 7.96. The minimum Gasteiger partial charge on any atom is -0.464 e. The molecule has 2 nitrogen and oxygen atoms in total. The molecule has 5 heteroatoms. The molecule has 2 aromatic carbocycles. The Kier molecular flexibility index (Phi) is 4.24. The number of halogens is 2.